The summed E-state index contributed by atoms with van der Waals surface area (Å²) in [6.07, 6.45) is 4.81. The highest BCUT2D eigenvalue weighted by Crippen LogP contribution is 2.33. The summed E-state index contributed by atoms with van der Waals surface area (Å²) in [6.45, 7) is 3.16. The molecule has 0 spiro atoms. The number of aryl methyl sites for hydroxylation is 1. The minimum absolute atomic E-state index is 0.0275. The van der Waals surface area contributed by atoms with E-state index in [0.717, 1.165) is 68.1 Å². The van der Waals surface area contributed by atoms with Crippen LogP contribution in [0.25, 0.3) is 0 Å². The molecule has 4 rings (SSSR count). The third-order valence-corrected chi connectivity index (χ3v) is 5.36. The van der Waals surface area contributed by atoms with Gasteiger partial charge in [0.15, 0.2) is 0 Å². The van der Waals surface area contributed by atoms with Crippen molar-refractivity contribution in [3.05, 3.63) is 41.7 Å². The maximum absolute atomic E-state index is 13.0. The largest absolute Gasteiger partial charge is 0.495 e. The average molecular weight is 340 g/mol. The van der Waals surface area contributed by atoms with Crippen molar-refractivity contribution in [2.24, 2.45) is 0 Å². The van der Waals surface area contributed by atoms with Gasteiger partial charge < -0.3 is 14.5 Å². The summed E-state index contributed by atoms with van der Waals surface area (Å²) in [6, 6.07) is 8.07. The van der Waals surface area contributed by atoms with Gasteiger partial charge in [0.1, 0.15) is 5.75 Å². The van der Waals surface area contributed by atoms with E-state index in [1.165, 1.54) is 0 Å². The molecule has 6 heteroatoms. The molecule has 6 nitrogen and oxygen atoms in total. The van der Waals surface area contributed by atoms with Crippen molar-refractivity contribution in [3.8, 4) is 5.75 Å². The number of fused-ring (bicyclic) bond motifs is 1. The van der Waals surface area contributed by atoms with Crippen LogP contribution in [0.2, 0.25) is 0 Å². The van der Waals surface area contributed by atoms with Gasteiger partial charge in [-0.05, 0) is 31.4 Å². The second-order valence-electron chi connectivity index (χ2n) is 6.73. The monoisotopic (exact) mass is 340 g/mol. The number of ether oxygens (including phenoxy) is 1. The number of piperazine rings is 1. The predicted molar refractivity (Wildman–Crippen MR) is 96.1 cm³/mol. The number of carbonyl (C=O) groups is 1. The minimum atomic E-state index is -0.0275. The number of H-pyrrole nitrogens is 1. The van der Waals surface area contributed by atoms with Crippen LogP contribution in [0.4, 0.5) is 5.69 Å². The molecular weight excluding hydrogens is 316 g/mol. The van der Waals surface area contributed by atoms with Crippen LogP contribution in [-0.2, 0) is 11.2 Å². The van der Waals surface area contributed by atoms with Crippen molar-refractivity contribution in [2.45, 2.75) is 25.2 Å². The summed E-state index contributed by atoms with van der Waals surface area (Å²) in [7, 11) is 1.70. The zero-order valence-electron chi connectivity index (χ0n) is 14.6. The van der Waals surface area contributed by atoms with Crippen molar-refractivity contribution in [1.29, 1.82) is 0 Å². The molecule has 1 N–H and O–H groups in total. The molecule has 132 valence electrons. The Kier molecular flexibility index (Phi) is 4.34. The normalized spacial score (nSPS) is 20.3. The second kappa shape index (κ2) is 6.78. The number of aromatic amines is 1. The molecular formula is C19H24N4O2. The summed E-state index contributed by atoms with van der Waals surface area (Å²) in [5, 5.41) is 7.18. The molecule has 1 aliphatic heterocycles. The van der Waals surface area contributed by atoms with Crippen LogP contribution in [0, 0.1) is 0 Å². The van der Waals surface area contributed by atoms with Crippen LogP contribution in [0.1, 0.15) is 30.0 Å². The molecule has 1 aliphatic carbocycles. The Morgan fingerprint density at radius 3 is 2.84 bits per heavy atom. The van der Waals surface area contributed by atoms with Crippen LogP contribution in [-0.4, -0.2) is 54.3 Å². The van der Waals surface area contributed by atoms with Crippen molar-refractivity contribution < 1.29 is 9.53 Å². The van der Waals surface area contributed by atoms with Crippen LogP contribution >= 0.6 is 0 Å². The van der Waals surface area contributed by atoms with Crippen LogP contribution in [0.5, 0.6) is 5.75 Å². The first-order valence-corrected chi connectivity index (χ1v) is 8.97. The van der Waals surface area contributed by atoms with Gasteiger partial charge in [-0.2, -0.15) is 5.10 Å². The summed E-state index contributed by atoms with van der Waals surface area (Å²) in [4.78, 5) is 17.3. The number of nitrogens with one attached hydrogen (secondary N) is 1. The molecule has 0 bridgehead atoms. The number of benzene rings is 1. The topological polar surface area (TPSA) is 61.5 Å². The first kappa shape index (κ1) is 16.0. The number of rotatable bonds is 3. The molecule has 25 heavy (non-hydrogen) atoms. The Morgan fingerprint density at radius 2 is 2.04 bits per heavy atom. The quantitative estimate of drug-likeness (QED) is 0.930. The molecule has 2 aromatic rings. The third-order valence-electron chi connectivity index (χ3n) is 5.36. The highest BCUT2D eigenvalue weighted by molar-refractivity contribution is 5.84. The summed E-state index contributed by atoms with van der Waals surface area (Å²) in [5.74, 6) is 1.11. The van der Waals surface area contributed by atoms with E-state index in [-0.39, 0.29) is 11.8 Å². The number of anilines is 1. The SMILES string of the molecule is COc1ccccc1N1CCN(C(=O)C2CCCc3[nH]ncc32)CC1. The van der Waals surface area contributed by atoms with E-state index in [0.29, 0.717) is 0 Å². The van der Waals surface area contributed by atoms with Gasteiger partial charge in [-0.3, -0.25) is 9.89 Å². The Hall–Kier alpha value is -2.50. The smallest absolute Gasteiger partial charge is 0.230 e. The lowest BCUT2D eigenvalue weighted by Crippen LogP contribution is -2.50. The van der Waals surface area contributed by atoms with Crippen LogP contribution in [0.15, 0.2) is 30.5 Å². The van der Waals surface area contributed by atoms with Gasteiger partial charge in [0, 0.05) is 37.4 Å². The van der Waals surface area contributed by atoms with Gasteiger partial charge in [-0.1, -0.05) is 12.1 Å². The molecule has 1 fully saturated rings. The fourth-order valence-electron chi connectivity index (χ4n) is 4.00. The van der Waals surface area contributed by atoms with Crippen molar-refractivity contribution in [2.75, 3.05) is 38.2 Å². The molecule has 2 heterocycles. The summed E-state index contributed by atoms with van der Waals surface area (Å²) in [5.41, 5.74) is 3.34. The number of nitrogens with zero attached hydrogens (tertiary/aromatic N) is 3. The van der Waals surface area contributed by atoms with Gasteiger partial charge in [0.25, 0.3) is 0 Å². The summed E-state index contributed by atoms with van der Waals surface area (Å²) < 4.78 is 5.47. The van der Waals surface area contributed by atoms with Crippen LogP contribution in [0.3, 0.4) is 0 Å². The maximum Gasteiger partial charge on any atom is 0.230 e. The van der Waals surface area contributed by atoms with Gasteiger partial charge in [-0.15, -0.1) is 0 Å². The van der Waals surface area contributed by atoms with E-state index < -0.39 is 0 Å². The number of hydrogen-bond donors (Lipinski definition) is 1. The zero-order chi connectivity index (χ0) is 17.2. The van der Waals surface area contributed by atoms with Gasteiger partial charge >= 0.3 is 0 Å². The number of aromatic nitrogens is 2. The fraction of sp³-hybridized carbons (Fsp3) is 0.474. The predicted octanol–water partition coefficient (Wildman–Crippen LogP) is 2.19. The number of amides is 1. The first-order valence-electron chi connectivity index (χ1n) is 8.97. The van der Waals surface area contributed by atoms with E-state index >= 15 is 0 Å². The Morgan fingerprint density at radius 1 is 1.24 bits per heavy atom. The van der Waals surface area contributed by atoms with Gasteiger partial charge in [-0.25, -0.2) is 0 Å². The Balaban J connectivity index is 1.43. The van der Waals surface area contributed by atoms with E-state index in [1.54, 1.807) is 7.11 Å². The van der Waals surface area contributed by atoms with E-state index in [9.17, 15) is 4.79 Å². The first-order chi connectivity index (χ1) is 12.3. The lowest BCUT2D eigenvalue weighted by atomic mass is 9.86. The number of methoxy groups -OCH3 is 1. The standard InChI is InChI=1S/C19H24N4O2/c1-25-18-8-3-2-7-17(18)22-9-11-23(12-10-22)19(24)14-5-4-6-16-15(14)13-20-21-16/h2-3,7-8,13-14H,4-6,9-12H2,1H3,(H,20,21). The highest BCUT2D eigenvalue weighted by Gasteiger charge is 2.32. The van der Waals surface area contributed by atoms with Crippen molar-refractivity contribution >= 4 is 11.6 Å². The molecule has 1 atom stereocenters. The Labute approximate surface area is 147 Å². The van der Waals surface area contributed by atoms with E-state index in [4.69, 9.17) is 4.74 Å². The number of hydrogen-bond acceptors (Lipinski definition) is 4. The van der Waals surface area contributed by atoms with E-state index in [1.807, 2.05) is 29.3 Å². The molecule has 2 aliphatic rings. The molecule has 1 saturated heterocycles. The lowest BCUT2D eigenvalue weighted by molar-refractivity contribution is -0.133. The third kappa shape index (κ3) is 2.97. The highest BCUT2D eigenvalue weighted by atomic mass is 16.5. The second-order valence-corrected chi connectivity index (χ2v) is 6.73. The lowest BCUT2D eigenvalue weighted by Gasteiger charge is -2.38. The number of para-hydroxylation sites is 2. The molecule has 0 saturated carbocycles. The molecule has 1 unspecified atom stereocenters. The fourth-order valence-corrected chi connectivity index (χ4v) is 4.00. The minimum Gasteiger partial charge on any atom is -0.495 e. The molecule has 0 radical (unpaired) electrons. The number of carbonyl (C=O) groups excluding carboxylic acids is 1. The van der Waals surface area contributed by atoms with Crippen molar-refractivity contribution in [1.82, 2.24) is 15.1 Å². The maximum atomic E-state index is 13.0. The van der Waals surface area contributed by atoms with Gasteiger partial charge in [0.05, 0.1) is 24.9 Å². The molecule has 1 aromatic heterocycles. The van der Waals surface area contributed by atoms with E-state index in [2.05, 4.69) is 21.2 Å². The average Bonchev–Trinajstić information content (AvgIpc) is 3.16. The Bertz CT molecular complexity index is 749. The summed E-state index contributed by atoms with van der Waals surface area (Å²) >= 11 is 0. The zero-order valence-corrected chi connectivity index (χ0v) is 14.6. The van der Waals surface area contributed by atoms with Crippen molar-refractivity contribution in [3.63, 3.8) is 0 Å². The molecule has 1 aromatic carbocycles. The van der Waals surface area contributed by atoms with Crippen LogP contribution < -0.4 is 9.64 Å². The van der Waals surface area contributed by atoms with Gasteiger partial charge in [0.2, 0.25) is 5.91 Å². The molecule has 1 amide bonds.